The van der Waals surface area contributed by atoms with Crippen molar-refractivity contribution in [3.8, 4) is 0 Å². The SMILES string of the molecule is CCOC(=O)c1ccc(NC(=O)Cc2ccc(NC3=C(Cl)C(=O)N(c4cccc(C(=O)OC)c4)C3=O)cc2)cc1. The van der Waals surface area contributed by atoms with Crippen LogP contribution in [0.3, 0.4) is 0 Å². The zero-order chi connectivity index (χ0) is 28.8. The highest BCUT2D eigenvalue weighted by Gasteiger charge is 2.39. The van der Waals surface area contributed by atoms with E-state index in [2.05, 4.69) is 10.6 Å². The van der Waals surface area contributed by atoms with Gasteiger partial charge in [0.2, 0.25) is 5.91 Å². The molecule has 0 aromatic heterocycles. The van der Waals surface area contributed by atoms with Crippen LogP contribution in [-0.4, -0.2) is 43.4 Å². The molecule has 0 saturated heterocycles. The molecule has 3 aromatic carbocycles. The lowest BCUT2D eigenvalue weighted by Crippen LogP contribution is -2.32. The van der Waals surface area contributed by atoms with Gasteiger partial charge >= 0.3 is 11.9 Å². The van der Waals surface area contributed by atoms with Crippen molar-refractivity contribution in [1.29, 1.82) is 0 Å². The Hall–Kier alpha value is -4.96. The van der Waals surface area contributed by atoms with Crippen LogP contribution >= 0.6 is 11.6 Å². The lowest BCUT2D eigenvalue weighted by Gasteiger charge is -2.16. The van der Waals surface area contributed by atoms with Crippen LogP contribution in [0.5, 0.6) is 0 Å². The van der Waals surface area contributed by atoms with Crippen LogP contribution in [0.2, 0.25) is 0 Å². The third-order valence-electron chi connectivity index (χ3n) is 5.82. The van der Waals surface area contributed by atoms with Crippen molar-refractivity contribution < 1.29 is 33.4 Å². The summed E-state index contributed by atoms with van der Waals surface area (Å²) in [6.45, 7) is 2.00. The van der Waals surface area contributed by atoms with E-state index >= 15 is 0 Å². The second-order valence-corrected chi connectivity index (χ2v) is 8.90. The summed E-state index contributed by atoms with van der Waals surface area (Å²) in [4.78, 5) is 62.8. The molecule has 0 radical (unpaired) electrons. The normalized spacial score (nSPS) is 12.8. The van der Waals surface area contributed by atoms with Crippen LogP contribution in [0.15, 0.2) is 83.5 Å². The van der Waals surface area contributed by atoms with Crippen LogP contribution in [0.4, 0.5) is 17.1 Å². The third-order valence-corrected chi connectivity index (χ3v) is 6.17. The minimum atomic E-state index is -0.736. The van der Waals surface area contributed by atoms with Gasteiger partial charge in [0, 0.05) is 11.4 Å². The standard InChI is InChI=1S/C29H24ClN3O7/c1-3-40-29(38)18-9-13-20(14-10-18)31-23(34)15-17-7-11-21(12-8-17)32-25-24(30)26(35)33(27(25)36)22-6-4-5-19(16-22)28(37)39-2/h4-14,16,32H,3,15H2,1-2H3,(H,31,34). The van der Waals surface area contributed by atoms with Crippen LogP contribution in [0.1, 0.15) is 33.2 Å². The quantitative estimate of drug-likeness (QED) is 0.292. The van der Waals surface area contributed by atoms with Gasteiger partial charge in [0.15, 0.2) is 0 Å². The molecule has 0 fully saturated rings. The third kappa shape index (κ3) is 6.19. The highest BCUT2D eigenvalue weighted by atomic mass is 35.5. The number of rotatable bonds is 9. The lowest BCUT2D eigenvalue weighted by molar-refractivity contribution is -0.120. The highest BCUT2D eigenvalue weighted by molar-refractivity contribution is 6.53. The lowest BCUT2D eigenvalue weighted by atomic mass is 10.1. The van der Waals surface area contributed by atoms with Crippen molar-refractivity contribution in [3.63, 3.8) is 0 Å². The molecule has 3 amide bonds. The van der Waals surface area contributed by atoms with Gasteiger partial charge in [0.1, 0.15) is 10.7 Å². The number of carbonyl (C=O) groups is 5. The number of anilines is 3. The van der Waals surface area contributed by atoms with Gasteiger partial charge in [0.25, 0.3) is 11.8 Å². The first kappa shape index (κ1) is 28.1. The second kappa shape index (κ2) is 12.3. The molecule has 1 aliphatic rings. The number of hydrogen-bond acceptors (Lipinski definition) is 8. The summed E-state index contributed by atoms with van der Waals surface area (Å²) in [5.74, 6) is -2.74. The minimum absolute atomic E-state index is 0.0745. The van der Waals surface area contributed by atoms with E-state index in [4.69, 9.17) is 21.1 Å². The number of amides is 3. The van der Waals surface area contributed by atoms with E-state index in [1.54, 1.807) is 55.5 Å². The monoisotopic (exact) mass is 561 g/mol. The molecule has 11 heteroatoms. The molecule has 1 heterocycles. The van der Waals surface area contributed by atoms with Crippen molar-refractivity contribution in [3.05, 3.63) is 100 Å². The van der Waals surface area contributed by atoms with Gasteiger partial charge in [-0.3, -0.25) is 14.4 Å². The van der Waals surface area contributed by atoms with Gasteiger partial charge in [-0.2, -0.15) is 0 Å². The Morgan fingerprint density at radius 3 is 2.17 bits per heavy atom. The van der Waals surface area contributed by atoms with Crippen LogP contribution in [0, 0.1) is 0 Å². The molecular weight excluding hydrogens is 538 g/mol. The Kier molecular flexibility index (Phi) is 8.60. The number of halogens is 1. The Morgan fingerprint density at radius 2 is 1.52 bits per heavy atom. The van der Waals surface area contributed by atoms with Crippen LogP contribution < -0.4 is 15.5 Å². The average Bonchev–Trinajstić information content (AvgIpc) is 3.16. The Bertz CT molecular complexity index is 1520. The number of nitrogens with zero attached hydrogens (tertiary/aromatic N) is 1. The predicted molar refractivity (Wildman–Crippen MR) is 148 cm³/mol. The molecule has 2 N–H and O–H groups in total. The van der Waals surface area contributed by atoms with E-state index in [0.29, 0.717) is 22.5 Å². The van der Waals surface area contributed by atoms with Crippen molar-refractivity contribution in [1.82, 2.24) is 0 Å². The molecule has 40 heavy (non-hydrogen) atoms. The predicted octanol–water partition coefficient (Wildman–Crippen LogP) is 4.27. The number of benzene rings is 3. The average molecular weight is 562 g/mol. The molecule has 204 valence electrons. The zero-order valence-electron chi connectivity index (χ0n) is 21.5. The summed E-state index contributed by atoms with van der Waals surface area (Å²) in [6, 6.07) is 18.9. The Morgan fingerprint density at radius 1 is 0.850 bits per heavy atom. The summed E-state index contributed by atoms with van der Waals surface area (Å²) in [7, 11) is 1.23. The molecule has 0 saturated carbocycles. The Balaban J connectivity index is 1.38. The molecule has 0 spiro atoms. The van der Waals surface area contributed by atoms with Gasteiger partial charge in [-0.1, -0.05) is 29.8 Å². The molecule has 4 rings (SSSR count). The number of hydrogen-bond donors (Lipinski definition) is 2. The summed E-state index contributed by atoms with van der Waals surface area (Å²) in [5.41, 5.74) is 2.31. The van der Waals surface area contributed by atoms with E-state index in [0.717, 1.165) is 4.90 Å². The fourth-order valence-corrected chi connectivity index (χ4v) is 4.09. The van der Waals surface area contributed by atoms with Crippen molar-refractivity contribution in [2.75, 3.05) is 29.3 Å². The Labute approximate surface area is 234 Å². The zero-order valence-corrected chi connectivity index (χ0v) is 22.3. The summed E-state index contributed by atoms with van der Waals surface area (Å²) in [6.07, 6.45) is 0.0745. The van der Waals surface area contributed by atoms with Crippen molar-refractivity contribution in [2.24, 2.45) is 0 Å². The maximum absolute atomic E-state index is 13.1. The minimum Gasteiger partial charge on any atom is -0.465 e. The molecule has 1 aliphatic heterocycles. The van der Waals surface area contributed by atoms with Crippen molar-refractivity contribution >= 4 is 58.3 Å². The van der Waals surface area contributed by atoms with Gasteiger partial charge in [-0.15, -0.1) is 0 Å². The topological polar surface area (TPSA) is 131 Å². The van der Waals surface area contributed by atoms with Gasteiger partial charge in [-0.25, -0.2) is 14.5 Å². The first-order valence-electron chi connectivity index (χ1n) is 12.1. The molecule has 10 nitrogen and oxygen atoms in total. The molecule has 0 unspecified atom stereocenters. The number of ether oxygens (including phenoxy) is 2. The van der Waals surface area contributed by atoms with E-state index in [-0.39, 0.29) is 40.9 Å². The van der Waals surface area contributed by atoms with Gasteiger partial charge in [0.05, 0.1) is 37.0 Å². The second-order valence-electron chi connectivity index (χ2n) is 8.52. The molecular formula is C29H24ClN3O7. The smallest absolute Gasteiger partial charge is 0.338 e. The highest BCUT2D eigenvalue weighted by Crippen LogP contribution is 2.30. The van der Waals surface area contributed by atoms with Crippen LogP contribution in [0.25, 0.3) is 0 Å². The largest absolute Gasteiger partial charge is 0.465 e. The number of methoxy groups -OCH3 is 1. The van der Waals surface area contributed by atoms with E-state index in [9.17, 15) is 24.0 Å². The molecule has 0 bridgehead atoms. The molecule has 0 aliphatic carbocycles. The first-order valence-corrected chi connectivity index (χ1v) is 12.5. The van der Waals surface area contributed by atoms with Crippen molar-refractivity contribution in [2.45, 2.75) is 13.3 Å². The fraction of sp³-hybridized carbons (Fsp3) is 0.138. The van der Waals surface area contributed by atoms with Crippen LogP contribution in [-0.2, 0) is 30.3 Å². The number of imide groups is 1. The van der Waals surface area contributed by atoms with Gasteiger partial charge in [-0.05, 0) is 67.1 Å². The number of esters is 2. The van der Waals surface area contributed by atoms with Gasteiger partial charge < -0.3 is 20.1 Å². The maximum Gasteiger partial charge on any atom is 0.338 e. The van der Waals surface area contributed by atoms with E-state index in [1.807, 2.05) is 0 Å². The number of carbonyl (C=O) groups excluding carboxylic acids is 5. The maximum atomic E-state index is 13.1. The van der Waals surface area contributed by atoms with E-state index in [1.165, 1.54) is 31.4 Å². The summed E-state index contributed by atoms with van der Waals surface area (Å²) < 4.78 is 9.64. The number of nitrogens with one attached hydrogen (secondary N) is 2. The fourth-order valence-electron chi connectivity index (χ4n) is 3.88. The summed E-state index contributed by atoms with van der Waals surface area (Å²) in [5, 5.41) is 5.33. The van der Waals surface area contributed by atoms with E-state index < -0.39 is 23.8 Å². The summed E-state index contributed by atoms with van der Waals surface area (Å²) >= 11 is 6.20. The first-order chi connectivity index (χ1) is 19.2. The molecule has 0 atom stereocenters. The molecule has 3 aromatic rings.